The van der Waals surface area contributed by atoms with Crippen LogP contribution < -0.4 is 5.32 Å². The van der Waals surface area contributed by atoms with Crippen molar-refractivity contribution in [2.45, 2.75) is 51.7 Å². The smallest absolute Gasteiger partial charge is 0.324 e. The lowest BCUT2D eigenvalue weighted by Crippen LogP contribution is -2.52. The predicted molar refractivity (Wildman–Crippen MR) is 81.3 cm³/mol. The van der Waals surface area contributed by atoms with E-state index in [9.17, 15) is 9.90 Å². The summed E-state index contributed by atoms with van der Waals surface area (Å²) in [5.74, 6) is -0.455. The highest BCUT2D eigenvalue weighted by molar-refractivity contribution is 7.99. The molecule has 0 aliphatic rings. The summed E-state index contributed by atoms with van der Waals surface area (Å²) in [7, 11) is 0. The first-order valence-electron chi connectivity index (χ1n) is 6.73. The molecule has 1 aromatic heterocycles. The lowest BCUT2D eigenvalue weighted by molar-refractivity contribution is -0.143. The molecule has 0 spiro atoms. The molecule has 1 rings (SSSR count). The molecular formula is C14H23N3O2S. The number of carboxylic acid groups (broad SMARTS) is 1. The van der Waals surface area contributed by atoms with Crippen LogP contribution in [0, 0.1) is 20.8 Å². The number of aryl methyl sites for hydroxylation is 2. The molecule has 1 aromatic rings. The Kier molecular flexibility index (Phi) is 5.95. The van der Waals surface area contributed by atoms with Gasteiger partial charge in [-0.15, -0.1) is 0 Å². The van der Waals surface area contributed by atoms with Gasteiger partial charge in [0.15, 0.2) is 5.16 Å². The summed E-state index contributed by atoms with van der Waals surface area (Å²) in [5.41, 5.74) is 2.01. The fraction of sp³-hybridized carbons (Fsp3) is 0.643. The first kappa shape index (κ1) is 16.9. The third kappa shape index (κ3) is 4.18. The van der Waals surface area contributed by atoms with Crippen LogP contribution in [-0.4, -0.2) is 38.9 Å². The van der Waals surface area contributed by atoms with Crippen LogP contribution in [0.3, 0.4) is 0 Å². The number of nitrogens with one attached hydrogen (secondary N) is 1. The quantitative estimate of drug-likeness (QED) is 0.594. The van der Waals surface area contributed by atoms with E-state index >= 15 is 0 Å². The van der Waals surface area contributed by atoms with E-state index in [0.29, 0.717) is 17.5 Å². The van der Waals surface area contributed by atoms with E-state index in [2.05, 4.69) is 15.3 Å². The molecule has 0 radical (unpaired) electrons. The summed E-state index contributed by atoms with van der Waals surface area (Å²) in [6.45, 7) is 10.3. The molecule has 0 fully saturated rings. The summed E-state index contributed by atoms with van der Waals surface area (Å²) < 4.78 is 0. The van der Waals surface area contributed by atoms with Crippen molar-refractivity contribution in [1.29, 1.82) is 0 Å². The average Bonchev–Trinajstić information content (AvgIpc) is 2.39. The van der Waals surface area contributed by atoms with E-state index in [1.807, 2.05) is 27.7 Å². The highest BCUT2D eigenvalue weighted by Crippen LogP contribution is 2.22. The van der Waals surface area contributed by atoms with E-state index in [4.69, 9.17) is 0 Å². The van der Waals surface area contributed by atoms with E-state index in [1.54, 1.807) is 6.92 Å². The van der Waals surface area contributed by atoms with Gasteiger partial charge < -0.3 is 10.4 Å². The fourth-order valence-corrected chi connectivity index (χ4v) is 2.65. The standard InChI is InChI=1S/C14H23N3O2S/c1-6-7-15-14(5,12(18)19)8-20-13-16-10(3)9(2)11(4)17-13/h15H,6-8H2,1-5H3,(H,18,19). The predicted octanol–water partition coefficient (Wildman–Crippen LogP) is 2.34. The summed E-state index contributed by atoms with van der Waals surface area (Å²) in [4.78, 5) is 20.2. The number of carboxylic acids is 1. The van der Waals surface area contributed by atoms with Gasteiger partial charge >= 0.3 is 5.97 Å². The molecule has 112 valence electrons. The van der Waals surface area contributed by atoms with Crippen molar-refractivity contribution >= 4 is 17.7 Å². The van der Waals surface area contributed by atoms with Crippen LogP contribution in [0.1, 0.15) is 37.2 Å². The number of hydrogen-bond donors (Lipinski definition) is 2. The number of rotatable bonds is 7. The van der Waals surface area contributed by atoms with Gasteiger partial charge in [0.1, 0.15) is 5.54 Å². The number of aromatic nitrogens is 2. The van der Waals surface area contributed by atoms with Crippen molar-refractivity contribution in [2.24, 2.45) is 0 Å². The Bertz CT molecular complexity index is 470. The third-order valence-corrected chi connectivity index (χ3v) is 4.50. The highest BCUT2D eigenvalue weighted by Gasteiger charge is 2.32. The Balaban J connectivity index is 2.80. The van der Waals surface area contributed by atoms with Gasteiger partial charge in [0, 0.05) is 17.1 Å². The molecule has 0 aliphatic carbocycles. The Morgan fingerprint density at radius 2 is 1.85 bits per heavy atom. The Morgan fingerprint density at radius 1 is 1.30 bits per heavy atom. The molecular weight excluding hydrogens is 274 g/mol. The number of nitrogens with zero attached hydrogens (tertiary/aromatic N) is 2. The van der Waals surface area contributed by atoms with Gasteiger partial charge in [-0.1, -0.05) is 18.7 Å². The van der Waals surface area contributed by atoms with Crippen LogP contribution in [0.25, 0.3) is 0 Å². The number of thioether (sulfide) groups is 1. The minimum absolute atomic E-state index is 0.393. The molecule has 1 atom stereocenters. The Hall–Kier alpha value is -1.14. The summed E-state index contributed by atoms with van der Waals surface area (Å²) in [6.07, 6.45) is 0.896. The van der Waals surface area contributed by atoms with Gasteiger partial charge in [0.05, 0.1) is 0 Å². The van der Waals surface area contributed by atoms with Crippen molar-refractivity contribution in [3.63, 3.8) is 0 Å². The summed E-state index contributed by atoms with van der Waals surface area (Å²) in [6, 6.07) is 0. The second-order valence-corrected chi connectivity index (χ2v) is 6.10. The summed E-state index contributed by atoms with van der Waals surface area (Å²) >= 11 is 1.38. The first-order chi connectivity index (χ1) is 9.30. The molecule has 0 amide bonds. The van der Waals surface area contributed by atoms with Crippen molar-refractivity contribution in [1.82, 2.24) is 15.3 Å². The fourth-order valence-electron chi connectivity index (χ4n) is 1.60. The maximum Gasteiger partial charge on any atom is 0.324 e. The summed E-state index contributed by atoms with van der Waals surface area (Å²) in [5, 5.41) is 13.1. The van der Waals surface area contributed by atoms with Crippen LogP contribution in [0.15, 0.2) is 5.16 Å². The first-order valence-corrected chi connectivity index (χ1v) is 7.71. The molecule has 0 saturated heterocycles. The Labute approximate surface area is 124 Å². The van der Waals surface area contributed by atoms with Gasteiger partial charge in [-0.05, 0) is 46.2 Å². The zero-order valence-electron chi connectivity index (χ0n) is 12.8. The molecule has 0 bridgehead atoms. The average molecular weight is 297 g/mol. The minimum atomic E-state index is -0.962. The van der Waals surface area contributed by atoms with Crippen LogP contribution in [-0.2, 0) is 4.79 Å². The lowest BCUT2D eigenvalue weighted by Gasteiger charge is -2.25. The van der Waals surface area contributed by atoms with E-state index in [1.165, 1.54) is 11.8 Å². The normalized spacial score (nSPS) is 14.1. The largest absolute Gasteiger partial charge is 0.480 e. The van der Waals surface area contributed by atoms with Crippen molar-refractivity contribution in [3.05, 3.63) is 17.0 Å². The van der Waals surface area contributed by atoms with Crippen molar-refractivity contribution in [2.75, 3.05) is 12.3 Å². The molecule has 20 heavy (non-hydrogen) atoms. The molecule has 0 aliphatic heterocycles. The van der Waals surface area contributed by atoms with Gasteiger partial charge in [0.2, 0.25) is 0 Å². The SMILES string of the molecule is CCCNC(C)(CSc1nc(C)c(C)c(C)n1)C(=O)O. The number of aliphatic carboxylic acids is 1. The lowest BCUT2D eigenvalue weighted by atomic mass is 10.1. The van der Waals surface area contributed by atoms with Crippen molar-refractivity contribution in [3.8, 4) is 0 Å². The van der Waals surface area contributed by atoms with E-state index < -0.39 is 11.5 Å². The molecule has 0 saturated carbocycles. The second-order valence-electron chi connectivity index (χ2n) is 5.15. The zero-order valence-corrected chi connectivity index (χ0v) is 13.6. The minimum Gasteiger partial charge on any atom is -0.480 e. The zero-order chi connectivity index (χ0) is 15.3. The molecule has 6 heteroatoms. The van der Waals surface area contributed by atoms with Crippen LogP contribution in [0.4, 0.5) is 0 Å². The molecule has 5 nitrogen and oxygen atoms in total. The highest BCUT2D eigenvalue weighted by atomic mass is 32.2. The van der Waals surface area contributed by atoms with Crippen LogP contribution >= 0.6 is 11.8 Å². The van der Waals surface area contributed by atoms with Gasteiger partial charge in [-0.25, -0.2) is 9.97 Å². The van der Waals surface area contributed by atoms with Crippen LogP contribution in [0.5, 0.6) is 0 Å². The van der Waals surface area contributed by atoms with Crippen molar-refractivity contribution < 1.29 is 9.90 Å². The number of hydrogen-bond acceptors (Lipinski definition) is 5. The topological polar surface area (TPSA) is 75.1 Å². The van der Waals surface area contributed by atoms with Gasteiger partial charge in [-0.3, -0.25) is 4.79 Å². The maximum absolute atomic E-state index is 11.4. The second kappa shape index (κ2) is 7.04. The number of carbonyl (C=O) groups is 1. The molecule has 0 aromatic carbocycles. The van der Waals surface area contributed by atoms with Gasteiger partial charge in [0.25, 0.3) is 0 Å². The third-order valence-electron chi connectivity index (χ3n) is 3.34. The Morgan fingerprint density at radius 3 is 2.30 bits per heavy atom. The molecule has 1 heterocycles. The monoisotopic (exact) mass is 297 g/mol. The molecule has 2 N–H and O–H groups in total. The van der Waals surface area contributed by atoms with E-state index in [-0.39, 0.29) is 0 Å². The molecule has 1 unspecified atom stereocenters. The maximum atomic E-state index is 11.4. The van der Waals surface area contributed by atoms with E-state index in [0.717, 1.165) is 23.4 Å². The van der Waals surface area contributed by atoms with Crippen LogP contribution in [0.2, 0.25) is 0 Å². The van der Waals surface area contributed by atoms with Gasteiger partial charge in [-0.2, -0.15) is 0 Å².